The van der Waals surface area contributed by atoms with E-state index < -0.39 is 6.29 Å². The summed E-state index contributed by atoms with van der Waals surface area (Å²) in [5, 5.41) is 2.68. The lowest BCUT2D eigenvalue weighted by Gasteiger charge is -2.12. The molecule has 0 aliphatic rings. The summed E-state index contributed by atoms with van der Waals surface area (Å²) in [6.07, 6.45) is 2.82. The molecule has 0 bridgehead atoms. The van der Waals surface area contributed by atoms with Crippen molar-refractivity contribution in [2.45, 2.75) is 6.29 Å². The van der Waals surface area contributed by atoms with Gasteiger partial charge in [-0.25, -0.2) is 0 Å². The summed E-state index contributed by atoms with van der Waals surface area (Å²) in [6, 6.07) is 9.62. The Morgan fingerprint density at radius 2 is 1.94 bits per heavy atom. The molecule has 0 aromatic heterocycles. The van der Waals surface area contributed by atoms with Crippen LogP contribution in [-0.2, 0) is 14.3 Å². The zero-order valence-corrected chi connectivity index (χ0v) is 10.1. The minimum atomic E-state index is -0.413. The SMILES string of the molecule is COC(CNC(=O)/C=C\c1ccccc1)OC. The molecule has 4 heteroatoms. The number of amides is 1. The van der Waals surface area contributed by atoms with Crippen LogP contribution in [0, 0.1) is 0 Å². The molecule has 0 atom stereocenters. The maximum atomic E-state index is 11.4. The summed E-state index contributed by atoms with van der Waals surface area (Å²) in [4.78, 5) is 11.4. The molecular weight excluding hydrogens is 218 g/mol. The Morgan fingerprint density at radius 3 is 2.53 bits per heavy atom. The van der Waals surface area contributed by atoms with Gasteiger partial charge in [0, 0.05) is 20.3 Å². The van der Waals surface area contributed by atoms with Gasteiger partial charge in [0.25, 0.3) is 0 Å². The Labute approximate surface area is 101 Å². The van der Waals surface area contributed by atoms with Crippen molar-refractivity contribution in [3.8, 4) is 0 Å². The summed E-state index contributed by atoms with van der Waals surface area (Å²) in [5.41, 5.74) is 0.984. The van der Waals surface area contributed by atoms with Gasteiger partial charge in [0.2, 0.25) is 5.91 Å². The molecule has 0 saturated carbocycles. The van der Waals surface area contributed by atoms with Gasteiger partial charge >= 0.3 is 0 Å². The van der Waals surface area contributed by atoms with E-state index in [1.54, 1.807) is 6.08 Å². The summed E-state index contributed by atoms with van der Waals surface area (Å²) in [6.45, 7) is 0.324. The normalized spacial score (nSPS) is 11.0. The van der Waals surface area contributed by atoms with E-state index in [1.165, 1.54) is 20.3 Å². The highest BCUT2D eigenvalue weighted by Crippen LogP contribution is 2.00. The summed E-state index contributed by atoms with van der Waals surface area (Å²) in [5.74, 6) is -0.173. The molecule has 0 unspecified atom stereocenters. The van der Waals surface area contributed by atoms with Crippen LogP contribution in [0.3, 0.4) is 0 Å². The van der Waals surface area contributed by atoms with Gasteiger partial charge in [0.15, 0.2) is 6.29 Å². The van der Waals surface area contributed by atoms with E-state index >= 15 is 0 Å². The summed E-state index contributed by atoms with van der Waals surface area (Å²) < 4.78 is 9.90. The van der Waals surface area contributed by atoms with Gasteiger partial charge in [0.1, 0.15) is 0 Å². The summed E-state index contributed by atoms with van der Waals surface area (Å²) >= 11 is 0. The molecule has 1 aromatic carbocycles. The predicted molar refractivity (Wildman–Crippen MR) is 66.3 cm³/mol. The molecule has 1 aromatic rings. The average Bonchev–Trinajstić information content (AvgIpc) is 2.39. The fourth-order valence-electron chi connectivity index (χ4n) is 1.24. The highest BCUT2D eigenvalue weighted by atomic mass is 16.7. The first-order chi connectivity index (χ1) is 8.26. The third-order valence-corrected chi connectivity index (χ3v) is 2.20. The first kappa shape index (κ1) is 13.4. The molecule has 0 aliphatic carbocycles. The number of hydrogen-bond donors (Lipinski definition) is 1. The van der Waals surface area contributed by atoms with Crippen LogP contribution in [0.1, 0.15) is 5.56 Å². The number of carbonyl (C=O) groups is 1. The van der Waals surface area contributed by atoms with E-state index in [-0.39, 0.29) is 5.91 Å². The first-order valence-corrected chi connectivity index (χ1v) is 5.33. The highest BCUT2D eigenvalue weighted by molar-refractivity contribution is 5.91. The molecule has 0 heterocycles. The van der Waals surface area contributed by atoms with Gasteiger partial charge in [-0.2, -0.15) is 0 Å². The molecule has 0 radical (unpaired) electrons. The molecule has 0 saturated heterocycles. The lowest BCUT2D eigenvalue weighted by molar-refractivity contribution is -0.123. The molecule has 0 spiro atoms. The van der Waals surface area contributed by atoms with Crippen molar-refractivity contribution in [1.29, 1.82) is 0 Å². The average molecular weight is 235 g/mol. The minimum absolute atomic E-state index is 0.173. The van der Waals surface area contributed by atoms with Crippen LogP contribution in [-0.4, -0.2) is 33.0 Å². The van der Waals surface area contributed by atoms with E-state index in [9.17, 15) is 4.79 Å². The van der Waals surface area contributed by atoms with E-state index in [4.69, 9.17) is 9.47 Å². The van der Waals surface area contributed by atoms with Crippen LogP contribution in [0.15, 0.2) is 36.4 Å². The molecule has 1 rings (SSSR count). The molecule has 92 valence electrons. The number of rotatable bonds is 6. The van der Waals surface area contributed by atoms with Crippen LogP contribution in [0.5, 0.6) is 0 Å². The molecule has 0 aliphatic heterocycles. The Kier molecular flexibility index (Phi) is 5.99. The van der Waals surface area contributed by atoms with Crippen molar-refractivity contribution in [2.24, 2.45) is 0 Å². The number of carbonyl (C=O) groups excluding carboxylic acids is 1. The topological polar surface area (TPSA) is 47.6 Å². The van der Waals surface area contributed by atoms with Crippen LogP contribution < -0.4 is 5.32 Å². The Hall–Kier alpha value is -1.65. The number of ether oxygens (including phenoxy) is 2. The number of benzene rings is 1. The quantitative estimate of drug-likeness (QED) is 0.599. The largest absolute Gasteiger partial charge is 0.354 e. The van der Waals surface area contributed by atoms with Crippen LogP contribution in [0.4, 0.5) is 0 Å². The third-order valence-electron chi connectivity index (χ3n) is 2.20. The smallest absolute Gasteiger partial charge is 0.244 e. The Balaban J connectivity index is 2.37. The maximum absolute atomic E-state index is 11.4. The lowest BCUT2D eigenvalue weighted by atomic mass is 10.2. The van der Waals surface area contributed by atoms with Crippen LogP contribution in [0.2, 0.25) is 0 Å². The van der Waals surface area contributed by atoms with Crippen molar-refractivity contribution in [3.05, 3.63) is 42.0 Å². The van der Waals surface area contributed by atoms with Crippen molar-refractivity contribution >= 4 is 12.0 Å². The monoisotopic (exact) mass is 235 g/mol. The van der Waals surface area contributed by atoms with Gasteiger partial charge in [-0.3, -0.25) is 4.79 Å². The second-order valence-electron chi connectivity index (χ2n) is 3.39. The fourth-order valence-corrected chi connectivity index (χ4v) is 1.24. The van der Waals surface area contributed by atoms with Gasteiger partial charge in [-0.15, -0.1) is 0 Å². The van der Waals surface area contributed by atoms with E-state index in [2.05, 4.69) is 5.32 Å². The van der Waals surface area contributed by atoms with Gasteiger partial charge in [-0.1, -0.05) is 30.3 Å². The highest BCUT2D eigenvalue weighted by Gasteiger charge is 2.05. The Morgan fingerprint density at radius 1 is 1.29 bits per heavy atom. The van der Waals surface area contributed by atoms with Gasteiger partial charge < -0.3 is 14.8 Å². The fraction of sp³-hybridized carbons (Fsp3) is 0.308. The second-order valence-corrected chi connectivity index (χ2v) is 3.39. The standard InChI is InChI=1S/C13H17NO3/c1-16-13(17-2)10-14-12(15)9-8-11-6-4-3-5-7-11/h3-9,13H,10H2,1-2H3,(H,14,15)/b9-8-. The van der Waals surface area contributed by atoms with Crippen LogP contribution in [0.25, 0.3) is 6.08 Å². The number of methoxy groups -OCH3 is 2. The zero-order valence-electron chi connectivity index (χ0n) is 10.1. The molecule has 0 fully saturated rings. The van der Waals surface area contributed by atoms with Crippen LogP contribution >= 0.6 is 0 Å². The number of nitrogens with one attached hydrogen (secondary N) is 1. The third kappa shape index (κ3) is 5.29. The molecule has 1 N–H and O–H groups in total. The van der Waals surface area contributed by atoms with Crippen molar-refractivity contribution < 1.29 is 14.3 Å². The van der Waals surface area contributed by atoms with E-state index in [1.807, 2.05) is 30.3 Å². The second kappa shape index (κ2) is 7.60. The zero-order chi connectivity index (χ0) is 12.5. The maximum Gasteiger partial charge on any atom is 0.244 e. The lowest BCUT2D eigenvalue weighted by Crippen LogP contribution is -2.33. The van der Waals surface area contributed by atoms with Gasteiger partial charge in [0.05, 0.1) is 6.54 Å². The minimum Gasteiger partial charge on any atom is -0.354 e. The Bertz CT molecular complexity index is 358. The van der Waals surface area contributed by atoms with Crippen molar-refractivity contribution in [3.63, 3.8) is 0 Å². The predicted octanol–water partition coefficient (Wildman–Crippen LogP) is 1.43. The molecular formula is C13H17NO3. The molecule has 4 nitrogen and oxygen atoms in total. The van der Waals surface area contributed by atoms with Crippen molar-refractivity contribution in [1.82, 2.24) is 5.32 Å². The number of hydrogen-bond acceptors (Lipinski definition) is 3. The molecule has 17 heavy (non-hydrogen) atoms. The van der Waals surface area contributed by atoms with E-state index in [0.29, 0.717) is 6.54 Å². The first-order valence-electron chi connectivity index (χ1n) is 5.33. The van der Waals surface area contributed by atoms with Gasteiger partial charge in [-0.05, 0) is 11.6 Å². The van der Waals surface area contributed by atoms with Crippen molar-refractivity contribution in [2.75, 3.05) is 20.8 Å². The van der Waals surface area contributed by atoms with E-state index in [0.717, 1.165) is 5.56 Å². The molecule has 1 amide bonds. The summed E-state index contributed by atoms with van der Waals surface area (Å²) in [7, 11) is 3.06.